The monoisotopic (exact) mass is 341 g/mol. The van der Waals surface area contributed by atoms with Gasteiger partial charge < -0.3 is 14.4 Å². The molecule has 1 amide bonds. The van der Waals surface area contributed by atoms with Crippen molar-refractivity contribution in [1.82, 2.24) is 14.9 Å². The van der Waals surface area contributed by atoms with Gasteiger partial charge in [0.2, 0.25) is 5.91 Å². The predicted molar refractivity (Wildman–Crippen MR) is 93.7 cm³/mol. The number of rotatable bonds is 6. The molecule has 2 aromatic rings. The normalized spacial score (nSPS) is 18.0. The summed E-state index contributed by atoms with van der Waals surface area (Å²) in [6.45, 7) is 3.29. The number of benzene rings is 1. The van der Waals surface area contributed by atoms with E-state index in [4.69, 9.17) is 9.47 Å². The average molecular weight is 341 g/mol. The minimum absolute atomic E-state index is 0.0946. The van der Waals surface area contributed by atoms with E-state index in [9.17, 15) is 4.79 Å². The van der Waals surface area contributed by atoms with E-state index in [1.54, 1.807) is 12.4 Å². The topological polar surface area (TPSA) is 64.6 Å². The molecule has 0 saturated carbocycles. The Morgan fingerprint density at radius 2 is 1.96 bits per heavy atom. The van der Waals surface area contributed by atoms with Crippen LogP contribution >= 0.6 is 0 Å². The smallest absolute Gasteiger partial charge is 0.278 e. The summed E-state index contributed by atoms with van der Waals surface area (Å²) in [5.74, 6) is 0.791. The van der Waals surface area contributed by atoms with Crippen molar-refractivity contribution in [2.45, 2.75) is 31.8 Å². The van der Waals surface area contributed by atoms with Crippen molar-refractivity contribution in [3.8, 4) is 11.8 Å². The fraction of sp³-hybridized carbons (Fsp3) is 0.421. The molecule has 2 unspecified atom stereocenters. The van der Waals surface area contributed by atoms with Crippen LogP contribution in [-0.2, 0) is 4.79 Å². The summed E-state index contributed by atoms with van der Waals surface area (Å²) in [7, 11) is 1.53. The van der Waals surface area contributed by atoms with Crippen molar-refractivity contribution in [3.05, 3.63) is 48.3 Å². The molecule has 1 aromatic heterocycles. The maximum Gasteiger partial charge on any atom is 0.278 e. The van der Waals surface area contributed by atoms with Crippen LogP contribution in [0.15, 0.2) is 42.7 Å². The molecule has 6 nitrogen and oxygen atoms in total. The fourth-order valence-electron chi connectivity index (χ4n) is 3.17. The second-order valence-electron chi connectivity index (χ2n) is 6.06. The first kappa shape index (κ1) is 17.2. The Balaban J connectivity index is 1.65. The first-order valence-corrected chi connectivity index (χ1v) is 8.58. The first-order valence-electron chi connectivity index (χ1n) is 8.58. The average Bonchev–Trinajstić information content (AvgIpc) is 3.12. The highest BCUT2D eigenvalue weighted by Crippen LogP contribution is 2.27. The number of amides is 1. The van der Waals surface area contributed by atoms with Gasteiger partial charge in [0.25, 0.3) is 11.8 Å². The Labute approximate surface area is 147 Å². The van der Waals surface area contributed by atoms with Gasteiger partial charge in [-0.1, -0.05) is 37.3 Å². The summed E-state index contributed by atoms with van der Waals surface area (Å²) < 4.78 is 11.1. The van der Waals surface area contributed by atoms with Crippen molar-refractivity contribution in [2.75, 3.05) is 20.2 Å². The standard InChI is InChI=1S/C19H23N3O3/c1-3-16(14-7-5-4-6-8-14)19(23)22-12-9-15(13-22)25-18-17(24-2)20-10-11-21-18/h4-8,10-11,15-16H,3,9,12-13H2,1-2H3. The molecule has 1 aliphatic rings. The lowest BCUT2D eigenvalue weighted by Crippen LogP contribution is -2.34. The molecular formula is C19H23N3O3. The van der Waals surface area contributed by atoms with Crippen molar-refractivity contribution in [2.24, 2.45) is 0 Å². The summed E-state index contributed by atoms with van der Waals surface area (Å²) in [6, 6.07) is 9.94. The highest BCUT2D eigenvalue weighted by Gasteiger charge is 2.32. The number of likely N-dealkylation sites (tertiary alicyclic amines) is 1. The third-order valence-corrected chi connectivity index (χ3v) is 4.47. The Kier molecular flexibility index (Phi) is 5.48. The molecule has 0 spiro atoms. The maximum atomic E-state index is 12.9. The van der Waals surface area contributed by atoms with Gasteiger partial charge in [0.1, 0.15) is 6.10 Å². The molecular weight excluding hydrogens is 318 g/mol. The summed E-state index contributed by atoms with van der Waals surface area (Å²) >= 11 is 0. The second kappa shape index (κ2) is 7.96. The van der Waals surface area contributed by atoms with Crippen LogP contribution in [0, 0.1) is 0 Å². The molecule has 1 aliphatic heterocycles. The molecule has 0 N–H and O–H groups in total. The number of nitrogens with zero attached hydrogens (tertiary/aromatic N) is 3. The van der Waals surface area contributed by atoms with E-state index in [1.807, 2.05) is 42.2 Å². The summed E-state index contributed by atoms with van der Waals surface area (Å²) in [5.41, 5.74) is 1.06. The second-order valence-corrected chi connectivity index (χ2v) is 6.06. The molecule has 132 valence electrons. The van der Waals surface area contributed by atoms with Gasteiger partial charge >= 0.3 is 0 Å². The molecule has 1 fully saturated rings. The zero-order valence-corrected chi connectivity index (χ0v) is 14.6. The largest absolute Gasteiger partial charge is 0.477 e. The van der Waals surface area contributed by atoms with Gasteiger partial charge in [0, 0.05) is 25.4 Å². The van der Waals surface area contributed by atoms with Crippen molar-refractivity contribution < 1.29 is 14.3 Å². The molecule has 2 atom stereocenters. The van der Waals surface area contributed by atoms with Crippen LogP contribution in [0.4, 0.5) is 0 Å². The number of hydrogen-bond donors (Lipinski definition) is 0. The van der Waals surface area contributed by atoms with E-state index in [0.717, 1.165) is 18.4 Å². The van der Waals surface area contributed by atoms with Crippen molar-refractivity contribution >= 4 is 5.91 Å². The number of methoxy groups -OCH3 is 1. The minimum Gasteiger partial charge on any atom is -0.477 e. The Hall–Kier alpha value is -2.63. The quantitative estimate of drug-likeness (QED) is 0.808. The van der Waals surface area contributed by atoms with Crippen LogP contribution in [-0.4, -0.2) is 47.1 Å². The summed E-state index contributed by atoms with van der Waals surface area (Å²) in [4.78, 5) is 23.1. The minimum atomic E-state index is -0.106. The van der Waals surface area contributed by atoms with E-state index in [2.05, 4.69) is 9.97 Å². The molecule has 2 heterocycles. The van der Waals surface area contributed by atoms with E-state index in [1.165, 1.54) is 7.11 Å². The van der Waals surface area contributed by atoms with Crippen LogP contribution < -0.4 is 9.47 Å². The number of hydrogen-bond acceptors (Lipinski definition) is 5. The number of carbonyl (C=O) groups is 1. The number of ether oxygens (including phenoxy) is 2. The lowest BCUT2D eigenvalue weighted by molar-refractivity contribution is -0.132. The lowest BCUT2D eigenvalue weighted by Gasteiger charge is -2.23. The maximum absolute atomic E-state index is 12.9. The summed E-state index contributed by atoms with van der Waals surface area (Å²) in [6.07, 6.45) is 4.59. The van der Waals surface area contributed by atoms with E-state index < -0.39 is 0 Å². The number of aromatic nitrogens is 2. The molecule has 0 bridgehead atoms. The highest BCUT2D eigenvalue weighted by atomic mass is 16.5. The van der Waals surface area contributed by atoms with E-state index in [0.29, 0.717) is 24.8 Å². The van der Waals surface area contributed by atoms with Gasteiger partial charge in [-0.2, -0.15) is 0 Å². The van der Waals surface area contributed by atoms with Gasteiger partial charge in [0.05, 0.1) is 19.6 Å². The van der Waals surface area contributed by atoms with Gasteiger partial charge in [0.15, 0.2) is 0 Å². The van der Waals surface area contributed by atoms with Gasteiger partial charge in [-0.3, -0.25) is 4.79 Å². The van der Waals surface area contributed by atoms with Crippen molar-refractivity contribution in [1.29, 1.82) is 0 Å². The molecule has 0 aliphatic carbocycles. The van der Waals surface area contributed by atoms with Crippen LogP contribution in [0.5, 0.6) is 11.8 Å². The molecule has 0 radical (unpaired) electrons. The zero-order chi connectivity index (χ0) is 17.6. The molecule has 3 rings (SSSR count). The molecule has 6 heteroatoms. The first-order chi connectivity index (χ1) is 12.2. The Morgan fingerprint density at radius 3 is 2.64 bits per heavy atom. The number of carbonyl (C=O) groups excluding carboxylic acids is 1. The van der Waals surface area contributed by atoms with Gasteiger partial charge in [-0.25, -0.2) is 9.97 Å². The molecule has 25 heavy (non-hydrogen) atoms. The lowest BCUT2D eigenvalue weighted by atomic mass is 9.95. The van der Waals surface area contributed by atoms with Gasteiger partial charge in [-0.15, -0.1) is 0 Å². The van der Waals surface area contributed by atoms with Crippen LogP contribution in [0.2, 0.25) is 0 Å². The molecule has 1 aromatic carbocycles. The zero-order valence-electron chi connectivity index (χ0n) is 14.6. The van der Waals surface area contributed by atoms with Crippen LogP contribution in [0.25, 0.3) is 0 Å². The van der Waals surface area contributed by atoms with Gasteiger partial charge in [-0.05, 0) is 12.0 Å². The fourth-order valence-corrected chi connectivity index (χ4v) is 3.17. The Bertz CT molecular complexity index is 708. The van der Waals surface area contributed by atoms with E-state index in [-0.39, 0.29) is 17.9 Å². The van der Waals surface area contributed by atoms with Crippen LogP contribution in [0.1, 0.15) is 31.2 Å². The third kappa shape index (κ3) is 3.90. The highest BCUT2D eigenvalue weighted by molar-refractivity contribution is 5.84. The Morgan fingerprint density at radius 1 is 1.24 bits per heavy atom. The van der Waals surface area contributed by atoms with Crippen molar-refractivity contribution in [3.63, 3.8) is 0 Å². The van der Waals surface area contributed by atoms with Crippen LogP contribution in [0.3, 0.4) is 0 Å². The molecule has 1 saturated heterocycles. The summed E-state index contributed by atoms with van der Waals surface area (Å²) in [5, 5.41) is 0. The van der Waals surface area contributed by atoms with E-state index >= 15 is 0 Å². The predicted octanol–water partition coefficient (Wildman–Crippen LogP) is 2.66. The SMILES string of the molecule is CCC(C(=O)N1CCC(Oc2nccnc2OC)C1)c1ccccc1. The third-order valence-electron chi connectivity index (χ3n) is 4.47.